The summed E-state index contributed by atoms with van der Waals surface area (Å²) in [6.45, 7) is 3.49. The van der Waals surface area contributed by atoms with Crippen LogP contribution in [0.25, 0.3) is 0 Å². The molecular weight excluding hydrogens is 224 g/mol. The van der Waals surface area contributed by atoms with Crippen molar-refractivity contribution in [2.45, 2.75) is 52.2 Å². The molecule has 0 saturated heterocycles. The van der Waals surface area contributed by atoms with Crippen LogP contribution in [0.1, 0.15) is 60.5 Å². The summed E-state index contributed by atoms with van der Waals surface area (Å²) in [4.78, 5) is 12.7. The van der Waals surface area contributed by atoms with E-state index in [0.29, 0.717) is 19.0 Å². The van der Waals surface area contributed by atoms with Gasteiger partial charge in [-0.25, -0.2) is 0 Å². The van der Waals surface area contributed by atoms with E-state index in [-0.39, 0.29) is 5.41 Å². The summed E-state index contributed by atoms with van der Waals surface area (Å²) in [5.74, 6) is 0.330. The lowest BCUT2D eigenvalue weighted by molar-refractivity contribution is 0.0749. The van der Waals surface area contributed by atoms with Crippen molar-refractivity contribution in [3.8, 4) is 0 Å². The lowest BCUT2D eigenvalue weighted by Gasteiger charge is -2.32. The van der Waals surface area contributed by atoms with Crippen molar-refractivity contribution < 1.29 is 9.53 Å². The Morgan fingerprint density at radius 2 is 1.83 bits per heavy atom. The van der Waals surface area contributed by atoms with Crippen LogP contribution in [0.2, 0.25) is 0 Å². The van der Waals surface area contributed by atoms with Gasteiger partial charge >= 0.3 is 0 Å². The van der Waals surface area contributed by atoms with Gasteiger partial charge in [0.15, 0.2) is 5.78 Å². The van der Waals surface area contributed by atoms with Crippen molar-refractivity contribution in [1.82, 2.24) is 0 Å². The van der Waals surface area contributed by atoms with E-state index < -0.39 is 0 Å². The van der Waals surface area contributed by atoms with Gasteiger partial charge in [0, 0.05) is 11.0 Å². The number of carbonyl (C=O) groups excluding carboxylic acids is 1. The lowest BCUT2D eigenvalue weighted by Crippen LogP contribution is -2.30. The van der Waals surface area contributed by atoms with E-state index in [2.05, 4.69) is 13.0 Å². The Morgan fingerprint density at radius 1 is 1.11 bits per heavy atom. The third kappa shape index (κ3) is 1.99. The molecule has 0 N–H and O–H groups in total. The summed E-state index contributed by atoms with van der Waals surface area (Å²) in [7, 11) is 0. The molecule has 2 nitrogen and oxygen atoms in total. The summed E-state index contributed by atoms with van der Waals surface area (Å²) in [6.07, 6.45) is 5.74. The largest absolute Gasteiger partial charge is 0.372 e. The summed E-state index contributed by atoms with van der Waals surface area (Å²) < 4.78 is 5.41. The molecule has 0 atom stereocenters. The van der Waals surface area contributed by atoms with E-state index in [0.717, 1.165) is 18.4 Å². The molecule has 3 rings (SSSR count). The summed E-state index contributed by atoms with van der Waals surface area (Å²) >= 11 is 0. The first-order chi connectivity index (χ1) is 8.69. The highest BCUT2D eigenvalue weighted by Crippen LogP contribution is 2.39. The van der Waals surface area contributed by atoms with E-state index in [1.54, 1.807) is 0 Å². The van der Waals surface area contributed by atoms with Gasteiger partial charge in [-0.1, -0.05) is 38.3 Å². The molecule has 1 saturated carbocycles. The molecule has 1 aliphatic carbocycles. The van der Waals surface area contributed by atoms with Crippen LogP contribution in [0.15, 0.2) is 18.2 Å². The second-order valence-electron chi connectivity index (χ2n) is 5.93. The van der Waals surface area contributed by atoms with Gasteiger partial charge < -0.3 is 4.74 Å². The average molecular weight is 244 g/mol. The minimum absolute atomic E-state index is 0.133. The molecule has 2 heteroatoms. The van der Waals surface area contributed by atoms with Gasteiger partial charge in [-0.3, -0.25) is 4.79 Å². The number of hydrogen-bond acceptors (Lipinski definition) is 2. The maximum absolute atomic E-state index is 12.7. The molecule has 0 radical (unpaired) electrons. The second-order valence-corrected chi connectivity index (χ2v) is 5.93. The summed E-state index contributed by atoms with van der Waals surface area (Å²) in [5.41, 5.74) is 3.18. The molecule has 1 aliphatic heterocycles. The molecule has 1 aromatic carbocycles. The molecule has 0 bridgehead atoms. The summed E-state index contributed by atoms with van der Waals surface area (Å²) in [5, 5.41) is 0. The lowest BCUT2D eigenvalue weighted by atomic mass is 9.71. The van der Waals surface area contributed by atoms with Crippen LogP contribution in [0.5, 0.6) is 0 Å². The SMILES string of the molecule is CC1(C(=O)c2ccc3c(c2)COC3)CCCCC1. The number of hydrogen-bond donors (Lipinski definition) is 0. The van der Waals surface area contributed by atoms with Crippen LogP contribution in [-0.2, 0) is 18.0 Å². The Labute approximate surface area is 108 Å². The second kappa shape index (κ2) is 4.51. The van der Waals surface area contributed by atoms with Crippen molar-refractivity contribution in [3.63, 3.8) is 0 Å². The zero-order chi connectivity index (χ0) is 12.6. The number of ketones is 1. The maximum Gasteiger partial charge on any atom is 0.168 e. The predicted octanol–water partition coefficient (Wildman–Crippen LogP) is 3.87. The number of Topliss-reactive ketones (excluding diaryl/α,β-unsaturated/α-hetero) is 1. The maximum atomic E-state index is 12.7. The molecular formula is C16H20O2. The Balaban J connectivity index is 1.88. The number of benzene rings is 1. The molecule has 0 spiro atoms. The first-order valence-corrected chi connectivity index (χ1v) is 6.93. The molecule has 2 aliphatic rings. The Bertz CT molecular complexity index is 470. The zero-order valence-corrected chi connectivity index (χ0v) is 11.0. The van der Waals surface area contributed by atoms with Crippen LogP contribution in [0, 0.1) is 5.41 Å². The van der Waals surface area contributed by atoms with Crippen molar-refractivity contribution in [3.05, 3.63) is 34.9 Å². The first-order valence-electron chi connectivity index (χ1n) is 6.93. The van der Waals surface area contributed by atoms with Gasteiger partial charge in [-0.05, 0) is 30.0 Å². The fourth-order valence-corrected chi connectivity index (χ4v) is 3.22. The van der Waals surface area contributed by atoms with Gasteiger partial charge in [-0.2, -0.15) is 0 Å². The van der Waals surface area contributed by atoms with Crippen molar-refractivity contribution in [2.75, 3.05) is 0 Å². The number of rotatable bonds is 2. The topological polar surface area (TPSA) is 26.3 Å². The first kappa shape index (κ1) is 11.9. The molecule has 0 amide bonds. The van der Waals surface area contributed by atoms with E-state index in [4.69, 9.17) is 4.74 Å². The Morgan fingerprint density at radius 3 is 2.61 bits per heavy atom. The third-order valence-electron chi connectivity index (χ3n) is 4.49. The van der Waals surface area contributed by atoms with Gasteiger partial charge in [0.2, 0.25) is 0 Å². The highest BCUT2D eigenvalue weighted by molar-refractivity contribution is 6.00. The normalized spacial score (nSPS) is 21.6. The number of fused-ring (bicyclic) bond motifs is 1. The molecule has 1 aromatic rings. The van der Waals surface area contributed by atoms with Crippen molar-refractivity contribution >= 4 is 5.78 Å². The number of carbonyl (C=O) groups is 1. The highest BCUT2D eigenvalue weighted by atomic mass is 16.5. The van der Waals surface area contributed by atoms with E-state index in [1.807, 2.05) is 12.1 Å². The molecule has 1 fully saturated rings. The molecule has 1 heterocycles. The minimum Gasteiger partial charge on any atom is -0.372 e. The standard InChI is InChI=1S/C16H20O2/c1-16(7-3-2-4-8-16)15(17)12-5-6-13-10-18-11-14(13)9-12/h5-6,9H,2-4,7-8,10-11H2,1H3. The molecule has 0 unspecified atom stereocenters. The van der Waals surface area contributed by atoms with Crippen molar-refractivity contribution in [2.24, 2.45) is 5.41 Å². The molecule has 18 heavy (non-hydrogen) atoms. The van der Waals surface area contributed by atoms with E-state index >= 15 is 0 Å². The Hall–Kier alpha value is -1.15. The minimum atomic E-state index is -0.133. The van der Waals surface area contributed by atoms with Gasteiger partial charge in [0.25, 0.3) is 0 Å². The van der Waals surface area contributed by atoms with Crippen LogP contribution in [-0.4, -0.2) is 5.78 Å². The van der Waals surface area contributed by atoms with Crippen LogP contribution in [0.4, 0.5) is 0 Å². The fraction of sp³-hybridized carbons (Fsp3) is 0.562. The smallest absolute Gasteiger partial charge is 0.168 e. The van der Waals surface area contributed by atoms with E-state index in [1.165, 1.54) is 30.4 Å². The van der Waals surface area contributed by atoms with Crippen LogP contribution >= 0.6 is 0 Å². The fourth-order valence-electron chi connectivity index (χ4n) is 3.22. The van der Waals surface area contributed by atoms with Crippen molar-refractivity contribution in [1.29, 1.82) is 0 Å². The van der Waals surface area contributed by atoms with Gasteiger partial charge in [0.05, 0.1) is 13.2 Å². The van der Waals surface area contributed by atoms with E-state index in [9.17, 15) is 4.79 Å². The monoisotopic (exact) mass is 244 g/mol. The third-order valence-corrected chi connectivity index (χ3v) is 4.49. The molecule has 0 aromatic heterocycles. The summed E-state index contributed by atoms with van der Waals surface area (Å²) in [6, 6.07) is 6.09. The quantitative estimate of drug-likeness (QED) is 0.738. The highest BCUT2D eigenvalue weighted by Gasteiger charge is 2.35. The van der Waals surface area contributed by atoms with Crippen LogP contribution in [0.3, 0.4) is 0 Å². The zero-order valence-electron chi connectivity index (χ0n) is 11.0. The Kier molecular flexibility index (Phi) is 2.98. The predicted molar refractivity (Wildman–Crippen MR) is 70.5 cm³/mol. The van der Waals surface area contributed by atoms with Crippen LogP contribution < -0.4 is 0 Å². The number of ether oxygens (including phenoxy) is 1. The van der Waals surface area contributed by atoms with Gasteiger partial charge in [0.1, 0.15) is 0 Å². The van der Waals surface area contributed by atoms with Gasteiger partial charge in [-0.15, -0.1) is 0 Å². The average Bonchev–Trinajstić information content (AvgIpc) is 2.86. The molecule has 96 valence electrons.